The molecule has 0 spiro atoms. The largest absolute Gasteiger partial charge is 0.457 e. The molecule has 0 saturated heterocycles. The first-order valence-electron chi connectivity index (χ1n) is 6.02. The smallest absolute Gasteiger partial charge is 0.353 e. The number of nitrogens with zero attached hydrogens (tertiary/aromatic N) is 3. The molecule has 0 amide bonds. The van der Waals surface area contributed by atoms with Crippen LogP contribution < -0.4 is 5.73 Å². The van der Waals surface area contributed by atoms with Gasteiger partial charge in [0, 0.05) is 11.5 Å². The molecule has 21 heavy (non-hydrogen) atoms. The summed E-state index contributed by atoms with van der Waals surface area (Å²) in [6.45, 7) is 8.14. The Morgan fingerprint density at radius 2 is 1.95 bits per heavy atom. The van der Waals surface area contributed by atoms with Gasteiger partial charge in [0.2, 0.25) is 11.4 Å². The number of anilines is 1. The van der Waals surface area contributed by atoms with Gasteiger partial charge in [-0.1, -0.05) is 5.16 Å². The van der Waals surface area contributed by atoms with Crippen molar-refractivity contribution >= 4 is 34.6 Å². The Hall–Kier alpha value is -2.03. The van der Waals surface area contributed by atoms with E-state index < -0.39 is 17.2 Å². The molecule has 0 aliphatic rings. The minimum Gasteiger partial charge on any atom is -0.457 e. The Morgan fingerprint density at radius 3 is 2.38 bits per heavy atom. The molecule has 0 aliphatic carbocycles. The molecule has 0 fully saturated rings. The van der Waals surface area contributed by atoms with Gasteiger partial charge >= 0.3 is 5.97 Å². The fourth-order valence-corrected chi connectivity index (χ4v) is 1.47. The fourth-order valence-electron chi connectivity index (χ4n) is 1.03. The summed E-state index contributed by atoms with van der Waals surface area (Å²) in [5.74, 6) is -0.623. The molecule has 0 unspecified atom stereocenters. The van der Waals surface area contributed by atoms with Gasteiger partial charge in [-0.25, -0.2) is 4.79 Å². The molecule has 0 bridgehead atoms. The van der Waals surface area contributed by atoms with Crippen LogP contribution in [-0.2, 0) is 19.2 Å². The molecule has 0 atom stereocenters. The Labute approximate surface area is 126 Å². The highest BCUT2D eigenvalue weighted by molar-refractivity contribution is 7.09. The van der Waals surface area contributed by atoms with Crippen molar-refractivity contribution in [3.8, 4) is 0 Å². The maximum Gasteiger partial charge on any atom is 0.353 e. The Kier molecular flexibility index (Phi) is 5.00. The first kappa shape index (κ1) is 17.0. The molecular formula is C12H17N4O4S. The quantitative estimate of drug-likeness (QED) is 0.491. The molecule has 2 N–H and O–H groups in total. The lowest BCUT2D eigenvalue weighted by Gasteiger charge is -2.26. The van der Waals surface area contributed by atoms with Crippen LogP contribution in [0.1, 0.15) is 40.4 Å². The summed E-state index contributed by atoms with van der Waals surface area (Å²) in [4.78, 5) is 31.7. The zero-order chi connectivity index (χ0) is 16.3. The summed E-state index contributed by atoms with van der Waals surface area (Å²) < 4.78 is 9.01. The fraction of sp³-hybridized carbons (Fsp3) is 0.583. The van der Waals surface area contributed by atoms with Gasteiger partial charge in [-0.3, -0.25) is 4.79 Å². The first-order valence-corrected chi connectivity index (χ1v) is 6.80. The zero-order valence-corrected chi connectivity index (χ0v) is 13.3. The number of hydrogen-bond donors (Lipinski definition) is 1. The molecule has 1 heterocycles. The van der Waals surface area contributed by atoms with E-state index >= 15 is 0 Å². The molecular weight excluding hydrogens is 296 g/mol. The third-order valence-electron chi connectivity index (χ3n) is 2.01. The van der Waals surface area contributed by atoms with Gasteiger partial charge in [0.1, 0.15) is 5.60 Å². The van der Waals surface area contributed by atoms with Crippen molar-refractivity contribution in [3.63, 3.8) is 0 Å². The van der Waals surface area contributed by atoms with E-state index in [1.807, 2.05) is 0 Å². The molecule has 1 radical (unpaired) electrons. The van der Waals surface area contributed by atoms with E-state index in [1.54, 1.807) is 27.1 Å². The van der Waals surface area contributed by atoms with Crippen LogP contribution in [0.2, 0.25) is 0 Å². The van der Waals surface area contributed by atoms with Gasteiger partial charge in [-0.05, 0) is 34.6 Å². The lowest BCUT2D eigenvalue weighted by molar-refractivity contribution is -0.179. The molecule has 9 heteroatoms. The van der Waals surface area contributed by atoms with Gasteiger partial charge in [-0.15, -0.1) is 0 Å². The summed E-state index contributed by atoms with van der Waals surface area (Å²) in [5.41, 5.74) is 3.10. The molecule has 0 aromatic carbocycles. The number of rotatable bonds is 5. The van der Waals surface area contributed by atoms with Crippen LogP contribution in [0.25, 0.3) is 0 Å². The summed E-state index contributed by atoms with van der Waals surface area (Å²) in [6, 6.07) is 0. The van der Waals surface area contributed by atoms with Gasteiger partial charge < -0.3 is 15.3 Å². The highest BCUT2D eigenvalue weighted by Crippen LogP contribution is 2.18. The molecule has 8 nitrogen and oxygen atoms in total. The summed E-state index contributed by atoms with van der Waals surface area (Å²) in [5, 5.41) is 3.75. The lowest BCUT2D eigenvalue weighted by atomic mass is 10.1. The molecule has 115 valence electrons. The van der Waals surface area contributed by atoms with E-state index in [-0.39, 0.29) is 16.7 Å². The maximum absolute atomic E-state index is 12.0. The summed E-state index contributed by atoms with van der Waals surface area (Å²) in [6.07, 6.45) is 1.54. The van der Waals surface area contributed by atoms with Crippen molar-refractivity contribution in [1.29, 1.82) is 0 Å². The van der Waals surface area contributed by atoms with Gasteiger partial charge in [0.05, 0.1) is 0 Å². The number of carbonyl (C=O) groups is 1. The van der Waals surface area contributed by atoms with Crippen LogP contribution in [0.5, 0.6) is 0 Å². The van der Waals surface area contributed by atoms with Crippen LogP contribution in [0, 0.1) is 0 Å². The maximum atomic E-state index is 12.0. The predicted molar refractivity (Wildman–Crippen MR) is 77.6 cm³/mol. The van der Waals surface area contributed by atoms with Crippen molar-refractivity contribution in [1.82, 2.24) is 9.36 Å². The second kappa shape index (κ2) is 6.17. The predicted octanol–water partition coefficient (Wildman–Crippen LogP) is 1.07. The van der Waals surface area contributed by atoms with Gasteiger partial charge in [0.15, 0.2) is 10.8 Å². The van der Waals surface area contributed by atoms with E-state index in [2.05, 4.69) is 14.5 Å². The average Bonchev–Trinajstić information content (AvgIpc) is 2.74. The van der Waals surface area contributed by atoms with Crippen molar-refractivity contribution < 1.29 is 19.2 Å². The first-order chi connectivity index (χ1) is 9.55. The molecule has 0 aliphatic heterocycles. The van der Waals surface area contributed by atoms with E-state index in [0.717, 1.165) is 11.5 Å². The Morgan fingerprint density at radius 1 is 1.33 bits per heavy atom. The normalized spacial score (nSPS) is 12.9. The standard InChI is InChI=1S/C12H17N4O4S/c1-11(2,3)19-9(18)12(4,5)20-15-7(6-17)8-14-10(13)21-16-8/h1-5H3,(H2,13,14,16)/b15-7+. The molecule has 1 aromatic rings. The monoisotopic (exact) mass is 313 g/mol. The summed E-state index contributed by atoms with van der Waals surface area (Å²) >= 11 is 0.905. The topological polar surface area (TPSA) is 117 Å². The van der Waals surface area contributed by atoms with Crippen molar-refractivity contribution in [2.45, 2.75) is 45.8 Å². The average molecular weight is 313 g/mol. The number of ether oxygens (including phenoxy) is 1. The number of nitrogens with two attached hydrogens (primary N) is 1. The van der Waals surface area contributed by atoms with E-state index in [0.29, 0.717) is 0 Å². The summed E-state index contributed by atoms with van der Waals surface area (Å²) in [7, 11) is 0. The third kappa shape index (κ3) is 5.10. The van der Waals surface area contributed by atoms with Crippen LogP contribution in [0.3, 0.4) is 0 Å². The van der Waals surface area contributed by atoms with Crippen molar-refractivity contribution in [3.05, 3.63) is 5.82 Å². The number of hydrogen-bond acceptors (Lipinski definition) is 9. The lowest BCUT2D eigenvalue weighted by Crippen LogP contribution is -2.40. The van der Waals surface area contributed by atoms with E-state index in [1.165, 1.54) is 13.8 Å². The van der Waals surface area contributed by atoms with Gasteiger partial charge in [0.25, 0.3) is 6.29 Å². The van der Waals surface area contributed by atoms with Crippen LogP contribution in [0.4, 0.5) is 5.13 Å². The minimum atomic E-state index is -1.38. The van der Waals surface area contributed by atoms with E-state index in [9.17, 15) is 9.59 Å². The molecule has 1 aromatic heterocycles. The third-order valence-corrected chi connectivity index (χ3v) is 2.55. The number of aromatic nitrogens is 2. The minimum absolute atomic E-state index is 0.00695. The van der Waals surface area contributed by atoms with Crippen LogP contribution in [-0.4, -0.2) is 38.5 Å². The number of esters is 1. The van der Waals surface area contributed by atoms with Crippen molar-refractivity contribution in [2.24, 2.45) is 5.16 Å². The zero-order valence-electron chi connectivity index (χ0n) is 12.5. The number of nitrogen functional groups attached to an aromatic ring is 1. The molecule has 1 rings (SSSR count). The Balaban J connectivity index is 2.85. The highest BCUT2D eigenvalue weighted by atomic mass is 32.1. The van der Waals surface area contributed by atoms with Crippen molar-refractivity contribution in [2.75, 3.05) is 5.73 Å². The highest BCUT2D eigenvalue weighted by Gasteiger charge is 2.35. The second-order valence-corrected chi connectivity index (χ2v) is 6.39. The SMILES string of the molecule is CC(C)(C)OC(=O)C(C)(C)O/N=C(\[C]=O)c1nsc(N)n1. The second-order valence-electron chi connectivity index (χ2n) is 5.60. The number of oxime groups is 1. The molecule has 0 saturated carbocycles. The van der Waals surface area contributed by atoms with Crippen LogP contribution >= 0.6 is 11.5 Å². The Bertz CT molecular complexity index is 560. The van der Waals surface area contributed by atoms with Gasteiger partial charge in [-0.2, -0.15) is 9.36 Å². The number of carbonyl (C=O) groups excluding carboxylic acids is 2. The van der Waals surface area contributed by atoms with E-state index in [4.69, 9.17) is 15.3 Å². The van der Waals surface area contributed by atoms with Crippen LogP contribution in [0.15, 0.2) is 5.16 Å².